The average Bonchev–Trinajstić information content (AvgIpc) is 2.60. The number of methoxy groups -OCH3 is 1. The van der Waals surface area contributed by atoms with Crippen LogP contribution in [0.2, 0.25) is 0 Å². The van der Waals surface area contributed by atoms with Crippen molar-refractivity contribution in [2.45, 2.75) is 5.75 Å². The molecular formula is C16H18BN3O3S. The predicted molar refractivity (Wildman–Crippen MR) is 99.8 cm³/mol. The molecule has 2 aromatic rings. The Bertz CT molecular complexity index is 724. The van der Waals surface area contributed by atoms with Crippen LogP contribution in [0.25, 0.3) is 0 Å². The largest absolute Gasteiger partial charge is 0.496 e. The lowest BCUT2D eigenvalue weighted by Crippen LogP contribution is -2.30. The second kappa shape index (κ2) is 9.12. The first-order chi connectivity index (χ1) is 11.6. The highest BCUT2D eigenvalue weighted by Gasteiger charge is 2.12. The van der Waals surface area contributed by atoms with Crippen LogP contribution < -0.4 is 15.9 Å². The number of nitrogens with two attached hydrogens (primary N) is 1. The third-order valence-electron chi connectivity index (χ3n) is 3.13. The van der Waals surface area contributed by atoms with E-state index in [1.165, 1.54) is 25.1 Å². The summed E-state index contributed by atoms with van der Waals surface area (Å²) in [5, 5.41) is 26.7. The first kappa shape index (κ1) is 18.1. The summed E-state index contributed by atoms with van der Waals surface area (Å²) < 4.78 is 5.20. The van der Waals surface area contributed by atoms with Gasteiger partial charge in [0.05, 0.1) is 13.3 Å². The van der Waals surface area contributed by atoms with Gasteiger partial charge in [-0.2, -0.15) is 5.10 Å². The van der Waals surface area contributed by atoms with Gasteiger partial charge >= 0.3 is 7.12 Å². The number of hydrogen-bond donors (Lipinski definition) is 3. The number of nitrogens with zero attached hydrogens (tertiary/aromatic N) is 2. The van der Waals surface area contributed by atoms with Crippen LogP contribution >= 0.6 is 11.8 Å². The minimum atomic E-state index is -1.56. The normalized spacial score (nSPS) is 11.7. The fourth-order valence-corrected chi connectivity index (χ4v) is 2.53. The Balaban J connectivity index is 2.02. The summed E-state index contributed by atoms with van der Waals surface area (Å²) in [4.78, 5) is 0. The standard InChI is InChI=1S/C16H18BN3O3S/c1-23-15-8-7-14(17(21)22)9-13(15)10-19-20-16(18)24-11-12-5-3-2-4-6-12/h2-10,21-22H,11H2,1H3,(H2,18,20). The molecule has 2 aromatic carbocycles. The number of benzene rings is 2. The van der Waals surface area contributed by atoms with Crippen molar-refractivity contribution in [3.05, 3.63) is 59.7 Å². The van der Waals surface area contributed by atoms with Crippen LogP contribution in [0.1, 0.15) is 11.1 Å². The smallest absolute Gasteiger partial charge is 0.488 e. The van der Waals surface area contributed by atoms with Crippen LogP contribution in [0.5, 0.6) is 5.75 Å². The molecule has 0 unspecified atom stereocenters. The van der Waals surface area contributed by atoms with Crippen molar-refractivity contribution >= 4 is 35.7 Å². The van der Waals surface area contributed by atoms with Gasteiger partial charge < -0.3 is 20.5 Å². The maximum absolute atomic E-state index is 9.22. The molecule has 0 aliphatic heterocycles. The number of thioether (sulfide) groups is 1. The van der Waals surface area contributed by atoms with Crippen molar-refractivity contribution in [1.29, 1.82) is 0 Å². The molecule has 0 amide bonds. The van der Waals surface area contributed by atoms with Crippen LogP contribution in [0.4, 0.5) is 0 Å². The summed E-state index contributed by atoms with van der Waals surface area (Å²) in [6.45, 7) is 0. The number of amidine groups is 1. The van der Waals surface area contributed by atoms with Crippen LogP contribution in [0, 0.1) is 0 Å². The minimum Gasteiger partial charge on any atom is -0.496 e. The average molecular weight is 343 g/mol. The van der Waals surface area contributed by atoms with Gasteiger partial charge in [0.2, 0.25) is 0 Å². The molecule has 0 radical (unpaired) electrons. The summed E-state index contributed by atoms with van der Waals surface area (Å²) in [6, 6.07) is 14.7. The SMILES string of the molecule is COc1ccc(B(O)O)cc1C=NN=C(N)SCc1ccccc1. The summed E-state index contributed by atoms with van der Waals surface area (Å²) in [6.07, 6.45) is 1.46. The van der Waals surface area contributed by atoms with Gasteiger partial charge in [-0.1, -0.05) is 48.2 Å². The van der Waals surface area contributed by atoms with Gasteiger partial charge in [0.1, 0.15) is 5.75 Å². The first-order valence-corrected chi connectivity index (χ1v) is 8.16. The molecule has 0 saturated carbocycles. The summed E-state index contributed by atoms with van der Waals surface area (Å²) >= 11 is 1.39. The maximum atomic E-state index is 9.22. The molecule has 124 valence electrons. The highest BCUT2D eigenvalue weighted by atomic mass is 32.2. The van der Waals surface area contributed by atoms with E-state index in [1.807, 2.05) is 30.3 Å². The maximum Gasteiger partial charge on any atom is 0.488 e. The molecular weight excluding hydrogens is 325 g/mol. The van der Waals surface area contributed by atoms with Crippen molar-refractivity contribution in [3.8, 4) is 5.75 Å². The predicted octanol–water partition coefficient (Wildman–Crippen LogP) is 0.957. The Morgan fingerprint density at radius 1 is 1.25 bits per heavy atom. The van der Waals surface area contributed by atoms with Crippen molar-refractivity contribution in [1.82, 2.24) is 0 Å². The number of ether oxygens (including phenoxy) is 1. The zero-order chi connectivity index (χ0) is 17.4. The second-order valence-corrected chi connectivity index (χ2v) is 5.83. The van der Waals surface area contributed by atoms with Crippen molar-refractivity contribution in [3.63, 3.8) is 0 Å². The van der Waals surface area contributed by atoms with Crippen LogP contribution in [0.15, 0.2) is 58.7 Å². The van der Waals surface area contributed by atoms with E-state index in [0.717, 1.165) is 5.56 Å². The molecule has 0 aliphatic carbocycles. The van der Waals surface area contributed by atoms with E-state index in [-0.39, 0.29) is 0 Å². The van der Waals surface area contributed by atoms with E-state index in [1.54, 1.807) is 18.2 Å². The Morgan fingerprint density at radius 3 is 2.67 bits per heavy atom. The van der Waals surface area contributed by atoms with Gasteiger partial charge in [0.15, 0.2) is 5.17 Å². The van der Waals surface area contributed by atoms with E-state index in [0.29, 0.717) is 27.7 Å². The molecule has 4 N–H and O–H groups in total. The molecule has 0 bridgehead atoms. The molecule has 6 nitrogen and oxygen atoms in total. The zero-order valence-corrected chi connectivity index (χ0v) is 14.0. The van der Waals surface area contributed by atoms with Gasteiger partial charge in [-0.05, 0) is 23.2 Å². The van der Waals surface area contributed by atoms with Gasteiger partial charge in [-0.3, -0.25) is 0 Å². The topological polar surface area (TPSA) is 100 Å². The number of hydrogen-bond acceptors (Lipinski definition) is 6. The number of rotatable bonds is 6. The van der Waals surface area contributed by atoms with Crippen molar-refractivity contribution in [2.24, 2.45) is 15.9 Å². The fraction of sp³-hybridized carbons (Fsp3) is 0.125. The summed E-state index contributed by atoms with van der Waals surface area (Å²) in [7, 11) is -0.0345. The lowest BCUT2D eigenvalue weighted by Gasteiger charge is -2.06. The quantitative estimate of drug-likeness (QED) is 0.314. The van der Waals surface area contributed by atoms with E-state index in [2.05, 4.69) is 10.2 Å². The van der Waals surface area contributed by atoms with Gasteiger partial charge in [-0.25, -0.2) is 0 Å². The molecule has 0 aliphatic rings. The third-order valence-corrected chi connectivity index (χ3v) is 3.99. The van der Waals surface area contributed by atoms with E-state index >= 15 is 0 Å². The highest BCUT2D eigenvalue weighted by Crippen LogP contribution is 2.15. The van der Waals surface area contributed by atoms with Gasteiger partial charge in [-0.15, -0.1) is 5.10 Å². The van der Waals surface area contributed by atoms with E-state index in [9.17, 15) is 10.0 Å². The van der Waals surface area contributed by atoms with Gasteiger partial charge in [0.25, 0.3) is 0 Å². The second-order valence-electron chi connectivity index (χ2n) is 4.83. The monoisotopic (exact) mass is 343 g/mol. The lowest BCUT2D eigenvalue weighted by atomic mass is 9.79. The van der Waals surface area contributed by atoms with Gasteiger partial charge in [0, 0.05) is 11.3 Å². The molecule has 24 heavy (non-hydrogen) atoms. The third kappa shape index (κ3) is 5.41. The van der Waals surface area contributed by atoms with Crippen LogP contribution in [0.3, 0.4) is 0 Å². The van der Waals surface area contributed by atoms with Crippen LogP contribution in [-0.2, 0) is 5.75 Å². The summed E-state index contributed by atoms with van der Waals surface area (Å²) in [5.41, 5.74) is 7.89. The Hall–Kier alpha value is -2.29. The fourth-order valence-electron chi connectivity index (χ4n) is 1.92. The first-order valence-electron chi connectivity index (χ1n) is 7.17. The molecule has 0 saturated heterocycles. The lowest BCUT2D eigenvalue weighted by molar-refractivity contribution is 0.413. The molecule has 0 aromatic heterocycles. The van der Waals surface area contributed by atoms with Crippen molar-refractivity contribution in [2.75, 3.05) is 7.11 Å². The van der Waals surface area contributed by atoms with Crippen LogP contribution in [-0.4, -0.2) is 35.7 Å². The van der Waals surface area contributed by atoms with E-state index < -0.39 is 7.12 Å². The zero-order valence-electron chi connectivity index (χ0n) is 13.2. The molecule has 0 atom stereocenters. The molecule has 0 spiro atoms. The molecule has 0 fully saturated rings. The minimum absolute atomic E-state index is 0.340. The summed E-state index contributed by atoms with van der Waals surface area (Å²) in [5.74, 6) is 1.26. The Kier molecular flexibility index (Phi) is 6.86. The van der Waals surface area contributed by atoms with E-state index in [4.69, 9.17) is 10.5 Å². The molecule has 8 heteroatoms. The Morgan fingerprint density at radius 2 is 2.00 bits per heavy atom. The van der Waals surface area contributed by atoms with Crippen molar-refractivity contribution < 1.29 is 14.8 Å². The molecule has 2 rings (SSSR count). The highest BCUT2D eigenvalue weighted by molar-refractivity contribution is 8.13. The Labute approximate surface area is 145 Å². The molecule has 0 heterocycles.